The normalized spacial score (nSPS) is 15.4. The summed E-state index contributed by atoms with van der Waals surface area (Å²) in [6.07, 6.45) is 0.0820. The largest absolute Gasteiger partial charge is 0.478 e. The minimum atomic E-state index is -2.11. The average Bonchev–Trinajstić information content (AvgIpc) is 1.88. The highest BCUT2D eigenvalue weighted by atomic mass is 16.4. The minimum absolute atomic E-state index is 0.0684. The summed E-state index contributed by atoms with van der Waals surface area (Å²) in [5.74, 6) is -1.46. The number of carboxylic acid groups (broad SMARTS) is 1. The van der Waals surface area contributed by atoms with Crippen molar-refractivity contribution in [3.8, 4) is 0 Å². The van der Waals surface area contributed by atoms with Crippen LogP contribution in [0.4, 0.5) is 0 Å². The Kier molecular flexibility index (Phi) is 2.82. The molecule has 0 saturated carbocycles. The Labute approximate surface area is 57.7 Å². The zero-order valence-corrected chi connectivity index (χ0v) is 5.50. The summed E-state index contributed by atoms with van der Waals surface area (Å²) >= 11 is 0. The third-order valence-electron chi connectivity index (χ3n) is 1.16. The lowest BCUT2D eigenvalue weighted by atomic mass is 10.2. The highest BCUT2D eigenvalue weighted by Gasteiger charge is 2.32. The van der Waals surface area contributed by atoms with E-state index in [1.165, 1.54) is 6.92 Å². The van der Waals surface area contributed by atoms with Crippen molar-refractivity contribution in [3.63, 3.8) is 0 Å². The molecule has 0 spiro atoms. The molecule has 0 aromatic carbocycles. The fourth-order valence-corrected chi connectivity index (χ4v) is 0.413. The number of carboxylic acids is 1. The smallest absolute Gasteiger partial charge is 0.357 e. The summed E-state index contributed by atoms with van der Waals surface area (Å²) in [6.45, 7) is 1.45. The first-order valence-corrected chi connectivity index (χ1v) is 2.74. The number of amides is 1. The molecule has 0 fully saturated rings. The van der Waals surface area contributed by atoms with Crippen molar-refractivity contribution in [3.05, 3.63) is 0 Å². The molecule has 0 aliphatic heterocycles. The van der Waals surface area contributed by atoms with Crippen molar-refractivity contribution < 1.29 is 19.8 Å². The van der Waals surface area contributed by atoms with Crippen molar-refractivity contribution in [1.29, 1.82) is 0 Å². The molecule has 1 unspecified atom stereocenters. The van der Waals surface area contributed by atoms with E-state index >= 15 is 0 Å². The molecule has 0 aromatic heterocycles. The lowest BCUT2D eigenvalue weighted by molar-refractivity contribution is -0.164. The molecule has 5 heteroatoms. The predicted octanol–water partition coefficient (Wildman–Crippen LogP) is -1.08. The quantitative estimate of drug-likeness (QED) is 0.348. The Morgan fingerprint density at radius 2 is 2.30 bits per heavy atom. The van der Waals surface area contributed by atoms with E-state index in [2.05, 4.69) is 0 Å². The topological polar surface area (TPSA) is 86.6 Å². The van der Waals surface area contributed by atoms with Gasteiger partial charge in [-0.3, -0.25) is 4.79 Å². The number of nitrogens with one attached hydrogen (secondary N) is 1. The van der Waals surface area contributed by atoms with E-state index in [9.17, 15) is 9.59 Å². The molecular weight excluding hydrogens is 138 g/mol. The van der Waals surface area contributed by atoms with Crippen LogP contribution in [0.5, 0.6) is 0 Å². The number of hydrogen-bond acceptors (Lipinski definition) is 3. The molecule has 0 aliphatic carbocycles. The average molecular weight is 147 g/mol. The molecule has 1 atom stereocenters. The Bertz CT molecular complexity index is 147. The summed E-state index contributed by atoms with van der Waals surface area (Å²) in [5, 5.41) is 19.0. The van der Waals surface area contributed by atoms with Crippen molar-refractivity contribution >= 4 is 12.4 Å². The van der Waals surface area contributed by atoms with Crippen LogP contribution in [0.25, 0.3) is 0 Å². The number of aliphatic hydroxyl groups is 1. The molecule has 0 aromatic rings. The van der Waals surface area contributed by atoms with Gasteiger partial charge in [0.1, 0.15) is 0 Å². The predicted molar refractivity (Wildman–Crippen MR) is 32.1 cm³/mol. The highest BCUT2D eigenvalue weighted by Crippen LogP contribution is 2.03. The van der Waals surface area contributed by atoms with E-state index < -0.39 is 11.7 Å². The van der Waals surface area contributed by atoms with Crippen LogP contribution in [0, 0.1) is 0 Å². The van der Waals surface area contributed by atoms with Crippen LogP contribution in [0.3, 0.4) is 0 Å². The zero-order valence-electron chi connectivity index (χ0n) is 5.50. The molecule has 0 bridgehead atoms. The summed E-state index contributed by atoms with van der Waals surface area (Å²) in [7, 11) is 0. The third-order valence-corrected chi connectivity index (χ3v) is 1.16. The van der Waals surface area contributed by atoms with Gasteiger partial charge in [-0.2, -0.15) is 0 Å². The molecule has 10 heavy (non-hydrogen) atoms. The first-order valence-electron chi connectivity index (χ1n) is 2.74. The molecule has 0 radical (unpaired) electrons. The number of carbonyl (C=O) groups is 2. The van der Waals surface area contributed by atoms with Gasteiger partial charge in [-0.15, -0.1) is 0 Å². The fourth-order valence-electron chi connectivity index (χ4n) is 0.413. The van der Waals surface area contributed by atoms with E-state index in [1.54, 1.807) is 5.32 Å². The maximum atomic E-state index is 10.2. The Morgan fingerprint density at radius 3 is 2.40 bits per heavy atom. The summed E-state index contributed by atoms with van der Waals surface area (Å²) in [4.78, 5) is 19.9. The summed E-state index contributed by atoms with van der Waals surface area (Å²) < 4.78 is 0. The highest BCUT2D eigenvalue weighted by molar-refractivity contribution is 5.79. The van der Waals surface area contributed by atoms with Crippen LogP contribution < -0.4 is 5.32 Å². The molecule has 3 N–H and O–H groups in total. The molecule has 1 amide bonds. The molecular formula is C5H9NO4. The second-order valence-electron chi connectivity index (χ2n) is 1.78. The second-order valence-corrected chi connectivity index (χ2v) is 1.78. The van der Waals surface area contributed by atoms with Gasteiger partial charge >= 0.3 is 5.97 Å². The van der Waals surface area contributed by atoms with Gasteiger partial charge in [0.15, 0.2) is 0 Å². The maximum Gasteiger partial charge on any atom is 0.357 e. The van der Waals surface area contributed by atoms with Crippen molar-refractivity contribution in [2.45, 2.75) is 19.1 Å². The molecule has 58 valence electrons. The number of rotatable bonds is 4. The van der Waals surface area contributed by atoms with Crippen molar-refractivity contribution in [1.82, 2.24) is 5.32 Å². The van der Waals surface area contributed by atoms with E-state index in [0.717, 1.165) is 0 Å². The third kappa shape index (κ3) is 1.70. The van der Waals surface area contributed by atoms with E-state index in [1.807, 2.05) is 0 Å². The van der Waals surface area contributed by atoms with Gasteiger partial charge in [0.05, 0.1) is 0 Å². The first-order chi connectivity index (χ1) is 4.56. The van der Waals surface area contributed by atoms with Gasteiger partial charge in [0, 0.05) is 6.42 Å². The van der Waals surface area contributed by atoms with Gasteiger partial charge < -0.3 is 15.5 Å². The van der Waals surface area contributed by atoms with Gasteiger partial charge in [-0.05, 0) is 0 Å². The molecule has 0 heterocycles. The summed E-state index contributed by atoms with van der Waals surface area (Å²) in [5.41, 5.74) is -2.11. The van der Waals surface area contributed by atoms with Gasteiger partial charge in [-0.1, -0.05) is 6.92 Å². The van der Waals surface area contributed by atoms with E-state index in [4.69, 9.17) is 10.2 Å². The second kappa shape index (κ2) is 3.17. The maximum absolute atomic E-state index is 10.2. The van der Waals surface area contributed by atoms with Crippen LogP contribution >= 0.6 is 0 Å². The molecule has 0 saturated heterocycles. The Morgan fingerprint density at radius 1 is 1.80 bits per heavy atom. The van der Waals surface area contributed by atoms with Crippen LogP contribution in [0.2, 0.25) is 0 Å². The van der Waals surface area contributed by atoms with Gasteiger partial charge in [0.2, 0.25) is 12.1 Å². The van der Waals surface area contributed by atoms with Crippen LogP contribution in [-0.4, -0.2) is 28.3 Å². The van der Waals surface area contributed by atoms with Crippen LogP contribution in [-0.2, 0) is 9.59 Å². The Hall–Kier alpha value is -1.10. The standard InChI is InChI=1S/C5H9NO4/c1-2-5(10,4(8)9)6-3-7/h3,10H,2H2,1H3,(H,6,7)(H,8,9). The molecule has 5 nitrogen and oxygen atoms in total. The number of hydrogen-bond donors (Lipinski definition) is 3. The number of carbonyl (C=O) groups excluding carboxylic acids is 1. The minimum Gasteiger partial charge on any atom is -0.478 e. The van der Waals surface area contributed by atoms with Crippen molar-refractivity contribution in [2.75, 3.05) is 0 Å². The SMILES string of the molecule is CCC(O)(NC=O)C(=O)O. The molecule has 0 aliphatic rings. The monoisotopic (exact) mass is 147 g/mol. The first kappa shape index (κ1) is 8.90. The van der Waals surface area contributed by atoms with Crippen molar-refractivity contribution in [2.24, 2.45) is 0 Å². The zero-order chi connectivity index (χ0) is 8.20. The molecule has 0 rings (SSSR count). The number of aliphatic carboxylic acids is 1. The lowest BCUT2D eigenvalue weighted by Crippen LogP contribution is -2.50. The van der Waals surface area contributed by atoms with Crippen LogP contribution in [0.15, 0.2) is 0 Å². The Balaban J connectivity index is 4.21. The summed E-state index contributed by atoms with van der Waals surface area (Å²) in [6, 6.07) is 0. The van der Waals surface area contributed by atoms with Crippen LogP contribution in [0.1, 0.15) is 13.3 Å². The fraction of sp³-hybridized carbons (Fsp3) is 0.600. The van der Waals surface area contributed by atoms with E-state index in [-0.39, 0.29) is 12.8 Å². The van der Waals surface area contributed by atoms with Gasteiger partial charge in [0.25, 0.3) is 0 Å². The van der Waals surface area contributed by atoms with Gasteiger partial charge in [-0.25, -0.2) is 4.79 Å². The lowest BCUT2D eigenvalue weighted by Gasteiger charge is -2.19. The van der Waals surface area contributed by atoms with E-state index in [0.29, 0.717) is 0 Å².